The van der Waals surface area contributed by atoms with Gasteiger partial charge in [-0.2, -0.15) is 0 Å². The first kappa shape index (κ1) is 60.5. The number of aliphatic hydroxyl groups excluding tert-OH is 1. The van der Waals surface area contributed by atoms with Crippen LogP contribution in [0.2, 0.25) is 0 Å². The van der Waals surface area contributed by atoms with Crippen LogP contribution in [0.1, 0.15) is 219 Å². The molecule has 0 heterocycles. The predicted octanol–water partition coefficient (Wildman–Crippen LogP) is 15.0. The normalized spacial score (nSPS) is 13.8. The van der Waals surface area contributed by atoms with Crippen molar-refractivity contribution >= 4 is 19.7 Å². The van der Waals surface area contributed by atoms with Gasteiger partial charge < -0.3 is 20.1 Å². The topological polar surface area (TPSA) is 131 Å². The first-order valence-electron chi connectivity index (χ1n) is 25.4. The molecule has 0 aliphatic rings. The highest BCUT2D eigenvalue weighted by Gasteiger charge is 2.23. The van der Waals surface area contributed by atoms with E-state index in [1.807, 2.05) is 0 Å². The summed E-state index contributed by atoms with van der Waals surface area (Å²) in [4.78, 5) is 34.1. The molecule has 63 heavy (non-hydrogen) atoms. The van der Waals surface area contributed by atoms with E-state index in [0.717, 1.165) is 83.5 Å². The summed E-state index contributed by atoms with van der Waals surface area (Å²) in [5, 5.41) is 12.7. The van der Waals surface area contributed by atoms with E-state index in [1.165, 1.54) is 109 Å². The van der Waals surface area contributed by atoms with Gasteiger partial charge in [0.1, 0.15) is 12.7 Å². The quantitative estimate of drug-likeness (QED) is 0.0238. The molecule has 0 aliphatic heterocycles. The molecule has 0 radical (unpaired) electrons. The number of esters is 1. The summed E-state index contributed by atoms with van der Waals surface area (Å²) in [6.07, 6.45) is 61.2. The molecule has 364 valence electrons. The Hall–Kier alpha value is -2.55. The van der Waals surface area contributed by atoms with Crippen LogP contribution in [0.5, 0.6) is 0 Å². The minimum absolute atomic E-state index is 0.0680. The number of nitrogens with one attached hydrogen (secondary N) is 1. The third-order valence-corrected chi connectivity index (χ3v) is 11.6. The van der Waals surface area contributed by atoms with Crippen LogP contribution in [0.25, 0.3) is 0 Å². The average molecular weight is 904 g/mol. The number of hydrogen-bond acceptors (Lipinski definition) is 7. The van der Waals surface area contributed by atoms with Gasteiger partial charge in [0, 0.05) is 19.4 Å². The molecule has 0 aromatic carbocycles. The van der Waals surface area contributed by atoms with Crippen molar-refractivity contribution in [2.24, 2.45) is 0 Å². The fourth-order valence-corrected chi connectivity index (χ4v) is 7.50. The Morgan fingerprint density at radius 1 is 0.492 bits per heavy atom. The lowest BCUT2D eigenvalue weighted by Crippen LogP contribution is -2.27. The van der Waals surface area contributed by atoms with Gasteiger partial charge >= 0.3 is 13.8 Å². The van der Waals surface area contributed by atoms with Crippen molar-refractivity contribution in [1.29, 1.82) is 0 Å². The Morgan fingerprint density at radius 2 is 0.857 bits per heavy atom. The number of allylic oxidation sites excluding steroid dienone is 12. The van der Waals surface area contributed by atoms with Crippen LogP contribution in [-0.4, -0.2) is 54.3 Å². The Bertz CT molecular complexity index is 1260. The molecular weight excluding hydrogens is 810 g/mol. The largest absolute Gasteiger partial charge is 0.472 e. The maximum Gasteiger partial charge on any atom is 0.472 e. The number of phosphoric ester groups is 1. The molecule has 0 fully saturated rings. The molecule has 0 aromatic heterocycles. The first-order chi connectivity index (χ1) is 30.8. The molecule has 0 spiro atoms. The van der Waals surface area contributed by atoms with Crippen LogP contribution in [-0.2, 0) is 27.9 Å². The molecule has 0 saturated heterocycles. The molecular formula is C53H94NO8P. The summed E-state index contributed by atoms with van der Waals surface area (Å²) in [6, 6.07) is 0. The van der Waals surface area contributed by atoms with E-state index < -0.39 is 26.5 Å². The van der Waals surface area contributed by atoms with Crippen molar-refractivity contribution in [2.45, 2.75) is 225 Å². The van der Waals surface area contributed by atoms with Crippen molar-refractivity contribution in [1.82, 2.24) is 5.32 Å². The van der Waals surface area contributed by atoms with Gasteiger partial charge in [0.25, 0.3) is 0 Å². The van der Waals surface area contributed by atoms with E-state index in [1.54, 1.807) is 0 Å². The molecule has 0 saturated carbocycles. The number of phosphoric acid groups is 1. The number of carbonyl (C=O) groups excluding carboxylic acids is 2. The van der Waals surface area contributed by atoms with E-state index in [-0.39, 0.29) is 32.1 Å². The number of rotatable bonds is 47. The molecule has 1 amide bonds. The Balaban J connectivity index is 3.61. The minimum Gasteiger partial charge on any atom is -0.463 e. The highest BCUT2D eigenvalue weighted by atomic mass is 31.2. The van der Waals surface area contributed by atoms with Crippen molar-refractivity contribution in [2.75, 3.05) is 26.4 Å². The number of unbranched alkanes of at least 4 members (excludes halogenated alkanes) is 22. The van der Waals surface area contributed by atoms with Gasteiger partial charge in [-0.3, -0.25) is 18.6 Å². The van der Waals surface area contributed by atoms with Crippen molar-refractivity contribution in [3.8, 4) is 0 Å². The Kier molecular flexibility index (Phi) is 46.9. The van der Waals surface area contributed by atoms with Gasteiger partial charge in [-0.1, -0.05) is 189 Å². The zero-order valence-electron chi connectivity index (χ0n) is 40.3. The molecule has 0 rings (SSSR count). The van der Waals surface area contributed by atoms with Gasteiger partial charge in [-0.15, -0.1) is 0 Å². The van der Waals surface area contributed by atoms with E-state index in [2.05, 4.69) is 92.1 Å². The summed E-state index contributed by atoms with van der Waals surface area (Å²) < 4.78 is 27.0. The number of carbonyl (C=O) groups is 2. The molecule has 0 aromatic rings. The molecule has 2 atom stereocenters. The molecule has 10 heteroatoms. The van der Waals surface area contributed by atoms with Crippen LogP contribution >= 0.6 is 7.82 Å². The van der Waals surface area contributed by atoms with Crippen LogP contribution in [0.15, 0.2) is 72.9 Å². The summed E-state index contributed by atoms with van der Waals surface area (Å²) >= 11 is 0. The van der Waals surface area contributed by atoms with E-state index in [9.17, 15) is 24.2 Å². The third-order valence-electron chi connectivity index (χ3n) is 10.6. The van der Waals surface area contributed by atoms with Gasteiger partial charge in [-0.05, 0) is 89.9 Å². The van der Waals surface area contributed by atoms with Gasteiger partial charge in [0.15, 0.2) is 0 Å². The number of aliphatic hydroxyl groups is 1. The van der Waals surface area contributed by atoms with Crippen molar-refractivity contribution in [3.05, 3.63) is 72.9 Å². The Labute approximate surface area is 386 Å². The van der Waals surface area contributed by atoms with Crippen molar-refractivity contribution in [3.63, 3.8) is 0 Å². The lowest BCUT2D eigenvalue weighted by Gasteiger charge is -2.15. The maximum absolute atomic E-state index is 12.1. The fraction of sp³-hybridized carbons (Fsp3) is 0.736. The number of ether oxygens (including phenoxy) is 1. The van der Waals surface area contributed by atoms with Gasteiger partial charge in [0.05, 0.1) is 13.2 Å². The molecule has 9 nitrogen and oxygen atoms in total. The molecule has 2 unspecified atom stereocenters. The van der Waals surface area contributed by atoms with Crippen LogP contribution in [0.4, 0.5) is 0 Å². The first-order valence-corrected chi connectivity index (χ1v) is 26.9. The highest BCUT2D eigenvalue weighted by molar-refractivity contribution is 7.47. The molecule has 0 aliphatic carbocycles. The van der Waals surface area contributed by atoms with Gasteiger partial charge in [-0.25, -0.2) is 4.57 Å². The van der Waals surface area contributed by atoms with Crippen molar-refractivity contribution < 1.29 is 37.9 Å². The maximum atomic E-state index is 12.1. The average Bonchev–Trinajstić information content (AvgIpc) is 3.27. The monoisotopic (exact) mass is 904 g/mol. The molecule has 3 N–H and O–H groups in total. The third kappa shape index (κ3) is 50.3. The second kappa shape index (κ2) is 48.9. The zero-order valence-corrected chi connectivity index (χ0v) is 41.1. The summed E-state index contributed by atoms with van der Waals surface area (Å²) in [6.45, 7) is 3.49. The molecule has 0 bridgehead atoms. The summed E-state index contributed by atoms with van der Waals surface area (Å²) in [7, 11) is -4.43. The fourth-order valence-electron chi connectivity index (χ4n) is 6.75. The summed E-state index contributed by atoms with van der Waals surface area (Å²) in [5.41, 5.74) is 0. The zero-order chi connectivity index (χ0) is 46.0. The number of amides is 1. The predicted molar refractivity (Wildman–Crippen MR) is 266 cm³/mol. The minimum atomic E-state index is -4.43. The standard InChI is InChI=1S/C53H94NO8P/c1-3-5-7-9-11-13-15-17-19-21-23-25-27-29-31-33-35-37-39-41-43-45-52(56)54-47-48-61-63(58,59)62-50-51(55)49-60-53(57)46-44-42-40-38-36-34-32-30-28-26-24-22-20-18-16-14-12-10-8-6-4-2/h11-14,17-20,23,25,29,31,51,55H,3-10,15-16,21-22,24,26-28,30,32-50H2,1-2H3,(H,54,56)(H,58,59)/b13-11-,14-12-,19-17-,20-18-,25-23-,31-29-. The van der Waals surface area contributed by atoms with Crippen LogP contribution in [0.3, 0.4) is 0 Å². The SMILES string of the molecule is CCCCC/C=C\C/C=C\C/C=C\C/C=C\CCCCCCCC(=O)NCCOP(=O)(O)OCC(O)COC(=O)CCCCCCCCCCCCC/C=C\C/C=C\CCCCC. The van der Waals surface area contributed by atoms with Gasteiger partial charge in [0.2, 0.25) is 5.91 Å². The smallest absolute Gasteiger partial charge is 0.463 e. The second-order valence-electron chi connectivity index (χ2n) is 16.8. The second-order valence-corrected chi connectivity index (χ2v) is 18.2. The van der Waals surface area contributed by atoms with E-state index in [4.69, 9.17) is 13.8 Å². The van der Waals surface area contributed by atoms with E-state index >= 15 is 0 Å². The number of hydrogen-bond donors (Lipinski definition) is 3. The lowest BCUT2D eigenvalue weighted by molar-refractivity contribution is -0.147. The summed E-state index contributed by atoms with van der Waals surface area (Å²) in [5.74, 6) is -0.537. The highest BCUT2D eigenvalue weighted by Crippen LogP contribution is 2.42. The lowest BCUT2D eigenvalue weighted by atomic mass is 10.0. The van der Waals surface area contributed by atoms with Crippen LogP contribution < -0.4 is 5.32 Å². The van der Waals surface area contributed by atoms with Crippen LogP contribution in [0, 0.1) is 0 Å². The van der Waals surface area contributed by atoms with E-state index in [0.29, 0.717) is 6.42 Å². The Morgan fingerprint density at radius 3 is 1.29 bits per heavy atom.